The SMILES string of the molecule is O=[N+]([O-])c1ccc(N2CCc3ccccc3C2)c(CCl)c1. The van der Waals surface area contributed by atoms with Gasteiger partial charge < -0.3 is 4.90 Å². The summed E-state index contributed by atoms with van der Waals surface area (Å²) in [5.74, 6) is 0.273. The summed E-state index contributed by atoms with van der Waals surface area (Å²) in [6, 6.07) is 13.3. The van der Waals surface area contributed by atoms with Gasteiger partial charge in [-0.3, -0.25) is 10.1 Å². The van der Waals surface area contributed by atoms with Gasteiger partial charge in [-0.2, -0.15) is 0 Å². The summed E-state index contributed by atoms with van der Waals surface area (Å²) in [5, 5.41) is 10.9. The highest BCUT2D eigenvalue weighted by Gasteiger charge is 2.19. The van der Waals surface area contributed by atoms with Crippen LogP contribution in [0.15, 0.2) is 42.5 Å². The van der Waals surface area contributed by atoms with E-state index in [0.29, 0.717) is 0 Å². The van der Waals surface area contributed by atoms with Gasteiger partial charge in [0.2, 0.25) is 0 Å². The van der Waals surface area contributed by atoms with Crippen LogP contribution < -0.4 is 4.90 Å². The molecule has 1 aliphatic heterocycles. The number of hydrogen-bond donors (Lipinski definition) is 0. The first kappa shape index (κ1) is 13.9. The maximum Gasteiger partial charge on any atom is 0.269 e. The number of halogens is 1. The predicted molar refractivity (Wildman–Crippen MR) is 83.8 cm³/mol. The number of hydrogen-bond acceptors (Lipinski definition) is 3. The molecule has 2 aromatic rings. The van der Waals surface area contributed by atoms with Crippen molar-refractivity contribution in [2.45, 2.75) is 18.8 Å². The first-order valence-corrected chi connectivity index (χ1v) is 7.37. The van der Waals surface area contributed by atoms with Crippen LogP contribution in [0.4, 0.5) is 11.4 Å². The van der Waals surface area contributed by atoms with Crippen molar-refractivity contribution in [1.82, 2.24) is 0 Å². The summed E-state index contributed by atoms with van der Waals surface area (Å²) >= 11 is 5.98. The van der Waals surface area contributed by atoms with Gasteiger partial charge in [0.05, 0.1) is 4.92 Å². The molecule has 0 unspecified atom stereocenters. The van der Waals surface area contributed by atoms with Crippen LogP contribution in [0.3, 0.4) is 0 Å². The average molecular weight is 303 g/mol. The van der Waals surface area contributed by atoms with Crippen molar-refractivity contribution >= 4 is 23.0 Å². The number of nitro benzene ring substituents is 1. The quantitative estimate of drug-likeness (QED) is 0.491. The number of non-ortho nitro benzene ring substituents is 1. The molecule has 5 heteroatoms. The van der Waals surface area contributed by atoms with Crippen molar-refractivity contribution in [1.29, 1.82) is 0 Å². The van der Waals surface area contributed by atoms with Gasteiger partial charge in [-0.1, -0.05) is 24.3 Å². The highest BCUT2D eigenvalue weighted by molar-refractivity contribution is 6.17. The molecule has 0 fully saturated rings. The molecule has 0 amide bonds. The zero-order chi connectivity index (χ0) is 14.8. The number of nitrogens with zero attached hydrogens (tertiary/aromatic N) is 2. The summed E-state index contributed by atoms with van der Waals surface area (Å²) < 4.78 is 0. The number of fused-ring (bicyclic) bond motifs is 1. The third kappa shape index (κ3) is 2.72. The van der Waals surface area contributed by atoms with Gasteiger partial charge in [-0.05, 0) is 29.2 Å². The molecule has 0 saturated carbocycles. The molecule has 4 nitrogen and oxygen atoms in total. The number of nitro groups is 1. The second-order valence-electron chi connectivity index (χ2n) is 5.14. The fraction of sp³-hybridized carbons (Fsp3) is 0.250. The van der Waals surface area contributed by atoms with E-state index in [-0.39, 0.29) is 16.5 Å². The Hall–Kier alpha value is -2.07. The molecular formula is C16H15ClN2O2. The van der Waals surface area contributed by atoms with E-state index in [4.69, 9.17) is 11.6 Å². The lowest BCUT2D eigenvalue weighted by atomic mass is 9.99. The van der Waals surface area contributed by atoms with Crippen molar-refractivity contribution in [2.75, 3.05) is 11.4 Å². The standard InChI is InChI=1S/C16H15ClN2O2/c17-10-14-9-15(19(20)21)5-6-16(14)18-8-7-12-3-1-2-4-13(12)11-18/h1-6,9H,7-8,10-11H2. The molecule has 0 aromatic heterocycles. The van der Waals surface area contributed by atoms with Crippen LogP contribution >= 0.6 is 11.6 Å². The Labute approximate surface area is 128 Å². The number of rotatable bonds is 3. The van der Waals surface area contributed by atoms with Gasteiger partial charge in [0, 0.05) is 36.8 Å². The Balaban J connectivity index is 1.93. The maximum absolute atomic E-state index is 10.9. The van der Waals surface area contributed by atoms with E-state index >= 15 is 0 Å². The van der Waals surface area contributed by atoms with Gasteiger partial charge in [-0.25, -0.2) is 0 Å². The minimum Gasteiger partial charge on any atom is -0.367 e. The van der Waals surface area contributed by atoms with E-state index in [1.54, 1.807) is 12.1 Å². The predicted octanol–water partition coefficient (Wildman–Crippen LogP) is 3.90. The van der Waals surface area contributed by atoms with Crippen LogP contribution in [0.25, 0.3) is 0 Å². The van der Waals surface area contributed by atoms with E-state index in [9.17, 15) is 10.1 Å². The summed E-state index contributed by atoms with van der Waals surface area (Å²) in [6.07, 6.45) is 0.981. The summed E-state index contributed by atoms with van der Waals surface area (Å²) in [4.78, 5) is 12.7. The average Bonchev–Trinajstić information content (AvgIpc) is 2.53. The Morgan fingerprint density at radius 1 is 1.19 bits per heavy atom. The molecule has 0 spiro atoms. The summed E-state index contributed by atoms with van der Waals surface area (Å²) in [5.41, 5.74) is 4.58. The second kappa shape index (κ2) is 5.74. The highest BCUT2D eigenvalue weighted by Crippen LogP contribution is 2.30. The van der Waals surface area contributed by atoms with Gasteiger partial charge in [0.25, 0.3) is 5.69 Å². The monoisotopic (exact) mass is 302 g/mol. The molecule has 1 heterocycles. The first-order chi connectivity index (χ1) is 10.2. The molecule has 108 valence electrons. The van der Waals surface area contributed by atoms with Crippen LogP contribution in [0.1, 0.15) is 16.7 Å². The van der Waals surface area contributed by atoms with Gasteiger partial charge in [0.15, 0.2) is 0 Å². The van der Waals surface area contributed by atoms with Crippen LogP contribution in [-0.2, 0) is 18.8 Å². The zero-order valence-corrected chi connectivity index (χ0v) is 12.2. The maximum atomic E-state index is 10.9. The lowest BCUT2D eigenvalue weighted by Gasteiger charge is -2.32. The van der Waals surface area contributed by atoms with E-state index < -0.39 is 0 Å². The Morgan fingerprint density at radius 2 is 1.95 bits per heavy atom. The van der Waals surface area contributed by atoms with E-state index in [1.165, 1.54) is 11.1 Å². The number of alkyl halides is 1. The second-order valence-corrected chi connectivity index (χ2v) is 5.41. The third-order valence-electron chi connectivity index (χ3n) is 3.89. The molecule has 0 aliphatic carbocycles. The van der Waals surface area contributed by atoms with Crippen LogP contribution in [0.2, 0.25) is 0 Å². The lowest BCUT2D eigenvalue weighted by molar-refractivity contribution is -0.384. The molecule has 2 aromatic carbocycles. The topological polar surface area (TPSA) is 46.4 Å². The minimum absolute atomic E-state index is 0.0896. The minimum atomic E-state index is -0.384. The van der Waals surface area contributed by atoms with Crippen molar-refractivity contribution in [3.8, 4) is 0 Å². The fourth-order valence-corrected chi connectivity index (χ4v) is 3.02. The summed E-state index contributed by atoms with van der Waals surface area (Å²) in [7, 11) is 0. The Kier molecular flexibility index (Phi) is 3.80. The molecular weight excluding hydrogens is 288 g/mol. The fourth-order valence-electron chi connectivity index (χ4n) is 2.80. The van der Waals surface area contributed by atoms with Crippen molar-refractivity contribution in [2.24, 2.45) is 0 Å². The van der Waals surface area contributed by atoms with Crippen molar-refractivity contribution in [3.05, 3.63) is 69.3 Å². The zero-order valence-electron chi connectivity index (χ0n) is 11.5. The van der Waals surface area contributed by atoms with Crippen molar-refractivity contribution in [3.63, 3.8) is 0 Å². The largest absolute Gasteiger partial charge is 0.367 e. The Morgan fingerprint density at radius 3 is 2.67 bits per heavy atom. The molecule has 0 N–H and O–H groups in total. The molecule has 3 rings (SSSR count). The lowest BCUT2D eigenvalue weighted by Crippen LogP contribution is -2.30. The normalized spacial score (nSPS) is 13.9. The van der Waals surface area contributed by atoms with Gasteiger partial charge in [-0.15, -0.1) is 11.6 Å². The molecule has 0 bridgehead atoms. The van der Waals surface area contributed by atoms with E-state index in [0.717, 1.165) is 30.8 Å². The number of benzene rings is 2. The molecule has 21 heavy (non-hydrogen) atoms. The molecule has 0 radical (unpaired) electrons. The smallest absolute Gasteiger partial charge is 0.269 e. The third-order valence-corrected chi connectivity index (χ3v) is 4.18. The molecule has 0 atom stereocenters. The highest BCUT2D eigenvalue weighted by atomic mass is 35.5. The van der Waals surface area contributed by atoms with E-state index in [2.05, 4.69) is 23.1 Å². The van der Waals surface area contributed by atoms with Crippen molar-refractivity contribution < 1.29 is 4.92 Å². The van der Waals surface area contributed by atoms with Gasteiger partial charge in [0.1, 0.15) is 0 Å². The first-order valence-electron chi connectivity index (χ1n) is 6.84. The number of anilines is 1. The Bertz CT molecular complexity index is 688. The van der Waals surface area contributed by atoms with Gasteiger partial charge >= 0.3 is 0 Å². The van der Waals surface area contributed by atoms with Crippen LogP contribution in [-0.4, -0.2) is 11.5 Å². The molecule has 1 aliphatic rings. The molecule has 0 saturated heterocycles. The van der Waals surface area contributed by atoms with Crippen LogP contribution in [0, 0.1) is 10.1 Å². The van der Waals surface area contributed by atoms with E-state index in [1.807, 2.05) is 12.1 Å². The summed E-state index contributed by atoms with van der Waals surface area (Å²) in [6.45, 7) is 1.72. The van der Waals surface area contributed by atoms with Crippen LogP contribution in [0.5, 0.6) is 0 Å².